The van der Waals surface area contributed by atoms with Crippen LogP contribution in [-0.2, 0) is 0 Å². The summed E-state index contributed by atoms with van der Waals surface area (Å²) in [4.78, 5) is 14.0. The molecule has 5 heteroatoms. The maximum absolute atomic E-state index is 12.2. The van der Waals surface area contributed by atoms with Crippen LogP contribution in [0.5, 0.6) is 0 Å². The van der Waals surface area contributed by atoms with E-state index in [4.69, 9.17) is 4.52 Å². The van der Waals surface area contributed by atoms with E-state index < -0.39 is 0 Å². The molecule has 1 aromatic carbocycles. The third-order valence-corrected chi connectivity index (χ3v) is 3.19. The number of carbonyl (C=O) groups excluding carboxylic acids is 1. The largest absolute Gasteiger partial charge is 0.355 e. The predicted octanol–water partition coefficient (Wildman–Crippen LogP) is 1.39. The van der Waals surface area contributed by atoms with E-state index in [0.717, 1.165) is 18.7 Å². The lowest BCUT2D eigenvalue weighted by Crippen LogP contribution is -2.46. The minimum atomic E-state index is -0.0626. The maximum atomic E-state index is 12.2. The van der Waals surface area contributed by atoms with Crippen LogP contribution in [0.1, 0.15) is 10.5 Å². The summed E-state index contributed by atoms with van der Waals surface area (Å²) in [6.07, 6.45) is 0. The van der Waals surface area contributed by atoms with Crippen LogP contribution in [0.15, 0.2) is 40.9 Å². The monoisotopic (exact) mass is 257 g/mol. The van der Waals surface area contributed by atoms with Crippen LogP contribution in [-0.4, -0.2) is 42.1 Å². The first kappa shape index (κ1) is 11.9. The van der Waals surface area contributed by atoms with Gasteiger partial charge < -0.3 is 14.7 Å². The summed E-state index contributed by atoms with van der Waals surface area (Å²) in [5.74, 6) is 0.562. The highest BCUT2D eigenvalue weighted by Gasteiger charge is 2.21. The Morgan fingerprint density at radius 3 is 2.68 bits per heavy atom. The Labute approximate surface area is 111 Å². The molecule has 98 valence electrons. The molecule has 19 heavy (non-hydrogen) atoms. The van der Waals surface area contributed by atoms with Crippen LogP contribution in [0.3, 0.4) is 0 Å². The summed E-state index contributed by atoms with van der Waals surface area (Å²) >= 11 is 0. The molecule has 0 bridgehead atoms. The summed E-state index contributed by atoms with van der Waals surface area (Å²) in [5, 5.41) is 7.10. The standard InChI is InChI=1S/C14H15N3O2/c18-14(17-8-6-15-7-9-17)12-10-13(19-16-12)11-4-2-1-3-5-11/h1-5,10,15H,6-9H2. The van der Waals surface area contributed by atoms with Crippen LogP contribution >= 0.6 is 0 Å². The van der Waals surface area contributed by atoms with Crippen molar-refractivity contribution in [2.45, 2.75) is 0 Å². The quantitative estimate of drug-likeness (QED) is 0.883. The fourth-order valence-corrected chi connectivity index (χ4v) is 2.14. The first-order valence-corrected chi connectivity index (χ1v) is 6.37. The Bertz CT molecular complexity index is 559. The highest BCUT2D eigenvalue weighted by Crippen LogP contribution is 2.20. The highest BCUT2D eigenvalue weighted by atomic mass is 16.5. The molecule has 0 aliphatic carbocycles. The molecule has 1 saturated heterocycles. The van der Waals surface area contributed by atoms with Gasteiger partial charge in [0.05, 0.1) is 0 Å². The topological polar surface area (TPSA) is 58.4 Å². The number of rotatable bonds is 2. The van der Waals surface area contributed by atoms with Crippen molar-refractivity contribution in [2.24, 2.45) is 0 Å². The first-order valence-electron chi connectivity index (χ1n) is 6.37. The number of aromatic nitrogens is 1. The SMILES string of the molecule is O=C(c1cc(-c2ccccc2)on1)N1CCNCC1. The zero-order valence-corrected chi connectivity index (χ0v) is 10.5. The van der Waals surface area contributed by atoms with E-state index in [9.17, 15) is 4.79 Å². The molecule has 2 heterocycles. The molecule has 1 aliphatic heterocycles. The summed E-state index contributed by atoms with van der Waals surface area (Å²) in [5.41, 5.74) is 1.30. The second-order valence-corrected chi connectivity index (χ2v) is 4.48. The molecule has 3 rings (SSSR count). The fourth-order valence-electron chi connectivity index (χ4n) is 2.14. The van der Waals surface area contributed by atoms with E-state index in [1.807, 2.05) is 30.3 Å². The summed E-state index contributed by atoms with van der Waals surface area (Å²) in [6, 6.07) is 11.4. The molecule has 0 atom stereocenters. The lowest BCUT2D eigenvalue weighted by Gasteiger charge is -2.26. The minimum Gasteiger partial charge on any atom is -0.355 e. The Morgan fingerprint density at radius 1 is 1.21 bits per heavy atom. The molecule has 0 unspecified atom stereocenters. The number of piperazine rings is 1. The molecule has 0 radical (unpaired) electrons. The van der Waals surface area contributed by atoms with Gasteiger partial charge in [0, 0.05) is 37.8 Å². The maximum Gasteiger partial charge on any atom is 0.276 e. The number of carbonyl (C=O) groups is 1. The zero-order valence-electron chi connectivity index (χ0n) is 10.5. The molecule has 2 aromatic rings. The number of hydrogen-bond acceptors (Lipinski definition) is 4. The van der Waals surface area contributed by atoms with E-state index >= 15 is 0 Å². The van der Waals surface area contributed by atoms with Crippen LogP contribution in [0, 0.1) is 0 Å². The average Bonchev–Trinajstić information content (AvgIpc) is 2.98. The van der Waals surface area contributed by atoms with Gasteiger partial charge in [0.15, 0.2) is 11.5 Å². The molecular weight excluding hydrogens is 242 g/mol. The third kappa shape index (κ3) is 2.51. The molecule has 1 aliphatic rings. The zero-order chi connectivity index (χ0) is 13.1. The molecular formula is C14H15N3O2. The minimum absolute atomic E-state index is 0.0626. The van der Waals surface area contributed by atoms with Crippen LogP contribution in [0.4, 0.5) is 0 Å². The van der Waals surface area contributed by atoms with Gasteiger partial charge in [-0.15, -0.1) is 0 Å². The lowest BCUT2D eigenvalue weighted by atomic mass is 10.1. The number of amides is 1. The number of nitrogens with zero attached hydrogens (tertiary/aromatic N) is 2. The number of benzene rings is 1. The molecule has 0 saturated carbocycles. The smallest absolute Gasteiger partial charge is 0.276 e. The summed E-state index contributed by atoms with van der Waals surface area (Å²) in [6.45, 7) is 3.09. The van der Waals surface area contributed by atoms with E-state index in [1.54, 1.807) is 11.0 Å². The molecule has 1 aromatic heterocycles. The van der Waals surface area contributed by atoms with Gasteiger partial charge in [-0.1, -0.05) is 35.5 Å². The molecule has 0 spiro atoms. The highest BCUT2D eigenvalue weighted by molar-refractivity contribution is 5.93. The normalized spacial score (nSPS) is 15.5. The van der Waals surface area contributed by atoms with Crippen LogP contribution < -0.4 is 5.32 Å². The van der Waals surface area contributed by atoms with Gasteiger partial charge >= 0.3 is 0 Å². The first-order chi connectivity index (χ1) is 9.34. The van der Waals surface area contributed by atoms with Crippen molar-refractivity contribution >= 4 is 5.91 Å². The van der Waals surface area contributed by atoms with Gasteiger partial charge in [0.2, 0.25) is 0 Å². The Hall–Kier alpha value is -2.14. The van der Waals surface area contributed by atoms with Crippen molar-refractivity contribution in [1.82, 2.24) is 15.4 Å². The van der Waals surface area contributed by atoms with Crippen molar-refractivity contribution in [3.63, 3.8) is 0 Å². The van der Waals surface area contributed by atoms with Crippen molar-refractivity contribution in [3.8, 4) is 11.3 Å². The van der Waals surface area contributed by atoms with Gasteiger partial charge in [-0.2, -0.15) is 0 Å². The van der Waals surface area contributed by atoms with Gasteiger partial charge in [-0.3, -0.25) is 4.79 Å². The average molecular weight is 257 g/mol. The third-order valence-electron chi connectivity index (χ3n) is 3.19. The number of nitrogens with one attached hydrogen (secondary N) is 1. The second-order valence-electron chi connectivity index (χ2n) is 4.48. The van der Waals surface area contributed by atoms with Crippen molar-refractivity contribution in [3.05, 3.63) is 42.1 Å². The molecule has 5 nitrogen and oxygen atoms in total. The van der Waals surface area contributed by atoms with Crippen molar-refractivity contribution in [1.29, 1.82) is 0 Å². The summed E-state index contributed by atoms with van der Waals surface area (Å²) < 4.78 is 5.25. The molecule has 1 N–H and O–H groups in total. The van der Waals surface area contributed by atoms with Crippen molar-refractivity contribution in [2.75, 3.05) is 26.2 Å². The number of hydrogen-bond donors (Lipinski definition) is 1. The van der Waals surface area contributed by atoms with Crippen LogP contribution in [0.2, 0.25) is 0 Å². The van der Waals surface area contributed by atoms with E-state index in [2.05, 4.69) is 10.5 Å². The Balaban J connectivity index is 1.79. The Morgan fingerprint density at radius 2 is 1.95 bits per heavy atom. The van der Waals surface area contributed by atoms with Crippen LogP contribution in [0.25, 0.3) is 11.3 Å². The predicted molar refractivity (Wildman–Crippen MR) is 70.7 cm³/mol. The van der Waals surface area contributed by atoms with E-state index in [-0.39, 0.29) is 5.91 Å². The van der Waals surface area contributed by atoms with Gasteiger partial charge in [0.25, 0.3) is 5.91 Å². The van der Waals surface area contributed by atoms with E-state index in [1.165, 1.54) is 0 Å². The second kappa shape index (κ2) is 5.24. The van der Waals surface area contributed by atoms with Gasteiger partial charge in [-0.25, -0.2) is 0 Å². The lowest BCUT2D eigenvalue weighted by molar-refractivity contribution is 0.0725. The van der Waals surface area contributed by atoms with E-state index in [0.29, 0.717) is 24.5 Å². The van der Waals surface area contributed by atoms with Gasteiger partial charge in [-0.05, 0) is 0 Å². The van der Waals surface area contributed by atoms with Crippen molar-refractivity contribution < 1.29 is 9.32 Å². The molecule has 1 amide bonds. The molecule has 1 fully saturated rings. The van der Waals surface area contributed by atoms with Gasteiger partial charge in [0.1, 0.15) is 0 Å². The fraction of sp³-hybridized carbons (Fsp3) is 0.286. The Kier molecular flexibility index (Phi) is 3.29. The summed E-state index contributed by atoms with van der Waals surface area (Å²) in [7, 11) is 0.